The Bertz CT molecular complexity index is 482. The van der Waals surface area contributed by atoms with E-state index in [0.717, 1.165) is 0 Å². The summed E-state index contributed by atoms with van der Waals surface area (Å²) < 4.78 is 165. The van der Waals surface area contributed by atoms with Crippen LogP contribution >= 0.6 is 46.4 Å². The number of halogens is 18. The molecule has 0 aromatic heterocycles. The molecule has 0 aliphatic carbocycles. The van der Waals surface area contributed by atoms with E-state index in [-0.39, 0.29) is 0 Å². The highest BCUT2D eigenvalue weighted by atomic mass is 35.5. The molecule has 0 bridgehead atoms. The molecule has 0 rings (SSSR count). The molecule has 0 spiro atoms. The van der Waals surface area contributed by atoms with Gasteiger partial charge in [0.15, 0.2) is 0 Å². The zero-order chi connectivity index (χ0) is 22.0. The first-order valence-electron chi connectivity index (χ1n) is 5.15. The van der Waals surface area contributed by atoms with Gasteiger partial charge in [0.1, 0.15) is 0 Å². The molecular formula is C8Cl4F14. The molecule has 0 nitrogen and oxygen atoms in total. The first-order valence-corrected chi connectivity index (χ1v) is 6.66. The van der Waals surface area contributed by atoms with Gasteiger partial charge >= 0.3 is 36.0 Å². The van der Waals surface area contributed by atoms with Crippen molar-refractivity contribution in [3.63, 3.8) is 0 Å². The predicted octanol–water partition coefficient (Wildman–Crippen LogP) is 7.00. The van der Waals surface area contributed by atoms with Crippen LogP contribution in [-0.2, 0) is 0 Å². The van der Waals surface area contributed by atoms with Crippen LogP contribution in [0.2, 0.25) is 0 Å². The van der Waals surface area contributed by atoms with E-state index in [1.54, 1.807) is 0 Å². The molecule has 0 heterocycles. The van der Waals surface area contributed by atoms with Gasteiger partial charge < -0.3 is 0 Å². The third-order valence-electron chi connectivity index (χ3n) is 2.68. The van der Waals surface area contributed by atoms with Gasteiger partial charge in [0.2, 0.25) is 8.67 Å². The number of rotatable bonds is 5. The van der Waals surface area contributed by atoms with Gasteiger partial charge in [-0.05, 0) is 0 Å². The maximum Gasteiger partial charge on any atom is 0.459 e. The van der Waals surface area contributed by atoms with Crippen molar-refractivity contribution in [2.24, 2.45) is 0 Å². The molecule has 0 amide bonds. The van der Waals surface area contributed by atoms with Crippen LogP contribution in [0, 0.1) is 0 Å². The molecule has 0 aliphatic rings. The second-order valence-corrected chi connectivity index (χ2v) is 7.10. The summed E-state index contributed by atoms with van der Waals surface area (Å²) in [6.45, 7) is 0. The lowest BCUT2D eigenvalue weighted by atomic mass is 9.96. The van der Waals surface area contributed by atoms with Crippen molar-refractivity contribution in [2.45, 2.75) is 44.7 Å². The Morgan fingerprint density at radius 1 is 0.308 bits per heavy atom. The van der Waals surface area contributed by atoms with Crippen molar-refractivity contribution >= 4 is 46.4 Å². The minimum absolute atomic E-state index is 4.24. The second kappa shape index (κ2) is 6.34. The topological polar surface area (TPSA) is 0 Å². The van der Waals surface area contributed by atoms with Crippen LogP contribution in [0.25, 0.3) is 0 Å². The molecule has 26 heavy (non-hydrogen) atoms. The van der Waals surface area contributed by atoms with Crippen molar-refractivity contribution in [1.29, 1.82) is 0 Å². The standard InChI is InChI=1S/C8Cl4F14/c9-1(10,3(13,14)5(17,18)7(21,22)23)2(11,12)4(15,16)6(19,20)8(24,25)26. The predicted molar refractivity (Wildman–Crippen MR) is 60.8 cm³/mol. The Balaban J connectivity index is 6.61. The van der Waals surface area contributed by atoms with Crippen LogP contribution in [0.1, 0.15) is 0 Å². The molecule has 0 saturated carbocycles. The van der Waals surface area contributed by atoms with Crippen LogP contribution in [0.4, 0.5) is 61.5 Å². The zero-order valence-corrected chi connectivity index (χ0v) is 13.8. The highest BCUT2D eigenvalue weighted by Gasteiger charge is 2.90. The number of hydrogen-bond donors (Lipinski definition) is 0. The monoisotopic (exact) mass is 502 g/mol. The van der Waals surface area contributed by atoms with Gasteiger partial charge in [0, 0.05) is 0 Å². The SMILES string of the molecule is FC(F)(F)C(F)(F)C(F)(F)C(Cl)(Cl)C(Cl)(Cl)C(F)(F)C(F)(F)C(F)(F)F. The van der Waals surface area contributed by atoms with Gasteiger partial charge in [0.25, 0.3) is 0 Å². The molecule has 0 saturated heterocycles. The van der Waals surface area contributed by atoms with Crippen LogP contribution < -0.4 is 0 Å². The quantitative estimate of drug-likeness (QED) is 0.280. The van der Waals surface area contributed by atoms with E-state index in [2.05, 4.69) is 46.4 Å². The van der Waals surface area contributed by atoms with Crippen molar-refractivity contribution in [3.05, 3.63) is 0 Å². The first-order chi connectivity index (χ1) is 10.8. The van der Waals surface area contributed by atoms with E-state index in [1.807, 2.05) is 0 Å². The van der Waals surface area contributed by atoms with Crippen LogP contribution in [-0.4, -0.2) is 44.7 Å². The summed E-state index contributed by atoms with van der Waals surface area (Å²) in [5, 5.41) is 0. The molecule has 0 unspecified atom stereocenters. The molecule has 0 N–H and O–H groups in total. The minimum Gasteiger partial charge on any atom is -0.196 e. The van der Waals surface area contributed by atoms with E-state index >= 15 is 0 Å². The van der Waals surface area contributed by atoms with E-state index in [9.17, 15) is 61.5 Å². The van der Waals surface area contributed by atoms with Crippen LogP contribution in [0.15, 0.2) is 0 Å². The maximum atomic E-state index is 13.4. The van der Waals surface area contributed by atoms with Gasteiger partial charge in [-0.15, -0.1) is 0 Å². The third kappa shape index (κ3) is 3.25. The summed E-state index contributed by atoms with van der Waals surface area (Å²) in [5.41, 5.74) is 0. The van der Waals surface area contributed by atoms with E-state index < -0.39 is 44.7 Å². The van der Waals surface area contributed by atoms with Crippen molar-refractivity contribution in [3.8, 4) is 0 Å². The number of hydrogen-bond acceptors (Lipinski definition) is 0. The third-order valence-corrected chi connectivity index (χ3v) is 5.15. The van der Waals surface area contributed by atoms with Crippen molar-refractivity contribution < 1.29 is 61.5 Å². The van der Waals surface area contributed by atoms with E-state index in [1.165, 1.54) is 0 Å². The fraction of sp³-hybridized carbons (Fsp3) is 1.00. The summed E-state index contributed by atoms with van der Waals surface area (Å²) in [7, 11) is 0. The van der Waals surface area contributed by atoms with Crippen molar-refractivity contribution in [1.82, 2.24) is 0 Å². The van der Waals surface area contributed by atoms with E-state index in [4.69, 9.17) is 0 Å². The van der Waals surface area contributed by atoms with Gasteiger partial charge in [-0.25, -0.2) is 0 Å². The molecule has 0 aliphatic heterocycles. The van der Waals surface area contributed by atoms with Crippen LogP contribution in [0.5, 0.6) is 0 Å². The molecule has 0 fully saturated rings. The lowest BCUT2D eigenvalue weighted by Gasteiger charge is -2.46. The second-order valence-electron chi connectivity index (χ2n) is 4.44. The Morgan fingerprint density at radius 3 is 0.577 bits per heavy atom. The molecular weight excluding hydrogens is 504 g/mol. The fourth-order valence-electron chi connectivity index (χ4n) is 1.14. The normalized spacial score (nSPS) is 16.8. The molecule has 18 heteroatoms. The summed E-state index contributed by atoms with van der Waals surface area (Å²) in [5.74, 6) is -29.3. The van der Waals surface area contributed by atoms with E-state index in [0.29, 0.717) is 0 Å². The zero-order valence-electron chi connectivity index (χ0n) is 10.8. The minimum atomic E-state index is -7.43. The summed E-state index contributed by atoms with van der Waals surface area (Å²) >= 11 is 17.0. The highest BCUT2D eigenvalue weighted by Crippen LogP contribution is 2.67. The molecule has 158 valence electrons. The van der Waals surface area contributed by atoms with Gasteiger partial charge in [-0.1, -0.05) is 46.4 Å². The Morgan fingerprint density at radius 2 is 0.462 bits per heavy atom. The summed E-state index contributed by atoms with van der Waals surface area (Å²) in [4.78, 5) is 0. The Labute approximate surface area is 153 Å². The fourth-order valence-corrected chi connectivity index (χ4v) is 2.09. The van der Waals surface area contributed by atoms with Crippen LogP contribution in [0.3, 0.4) is 0 Å². The lowest BCUT2D eigenvalue weighted by molar-refractivity contribution is -0.374. The Kier molecular flexibility index (Phi) is 6.39. The average Bonchev–Trinajstić information content (AvgIpc) is 2.34. The summed E-state index contributed by atoms with van der Waals surface area (Å²) in [6, 6.07) is 0. The molecule has 0 atom stereocenters. The molecule has 0 radical (unpaired) electrons. The molecule has 0 aromatic carbocycles. The highest BCUT2D eigenvalue weighted by molar-refractivity contribution is 6.63. The van der Waals surface area contributed by atoms with Gasteiger partial charge in [-0.2, -0.15) is 61.5 Å². The lowest BCUT2D eigenvalue weighted by Crippen LogP contribution is -2.72. The Hall–Kier alpha value is 0.180. The largest absolute Gasteiger partial charge is 0.459 e. The summed E-state index contributed by atoms with van der Waals surface area (Å²) in [6.07, 6.45) is -14.6. The molecule has 0 aromatic rings. The first kappa shape index (κ1) is 26.2. The smallest absolute Gasteiger partial charge is 0.196 e. The van der Waals surface area contributed by atoms with Gasteiger partial charge in [-0.3, -0.25) is 0 Å². The number of alkyl halides is 18. The maximum absolute atomic E-state index is 13.4. The van der Waals surface area contributed by atoms with Crippen molar-refractivity contribution in [2.75, 3.05) is 0 Å². The average molecular weight is 504 g/mol. The van der Waals surface area contributed by atoms with Gasteiger partial charge in [0.05, 0.1) is 0 Å².